The Morgan fingerprint density at radius 2 is 1.73 bits per heavy atom. The Labute approximate surface area is 194 Å². The zero-order valence-corrected chi connectivity index (χ0v) is 19.3. The maximum atomic E-state index is 13.4. The first-order chi connectivity index (χ1) is 15.9. The van der Waals surface area contributed by atoms with Crippen molar-refractivity contribution in [1.82, 2.24) is 5.32 Å². The maximum absolute atomic E-state index is 13.4. The number of amides is 1. The van der Waals surface area contributed by atoms with Crippen molar-refractivity contribution in [2.45, 2.75) is 30.9 Å². The van der Waals surface area contributed by atoms with E-state index in [0.29, 0.717) is 18.0 Å². The Morgan fingerprint density at radius 1 is 1.06 bits per heavy atom. The van der Waals surface area contributed by atoms with Gasteiger partial charge in [-0.1, -0.05) is 42.5 Å². The van der Waals surface area contributed by atoms with Crippen molar-refractivity contribution in [2.75, 3.05) is 17.5 Å². The van der Waals surface area contributed by atoms with Crippen molar-refractivity contribution >= 4 is 21.6 Å². The van der Waals surface area contributed by atoms with Gasteiger partial charge in [0, 0.05) is 0 Å². The first-order valence-electron chi connectivity index (χ1n) is 10.8. The first kappa shape index (κ1) is 22.7. The van der Waals surface area contributed by atoms with E-state index in [1.54, 1.807) is 42.5 Å². The molecule has 0 bridgehead atoms. The van der Waals surface area contributed by atoms with Gasteiger partial charge >= 0.3 is 0 Å². The Morgan fingerprint density at radius 3 is 2.42 bits per heavy atom. The second kappa shape index (κ2) is 9.54. The molecule has 8 heteroatoms. The number of carbonyl (C=O) groups excluding carboxylic acids is 1. The zero-order chi connectivity index (χ0) is 23.4. The molecule has 0 unspecified atom stereocenters. The van der Waals surface area contributed by atoms with E-state index in [9.17, 15) is 13.2 Å². The Hall–Kier alpha value is -3.52. The van der Waals surface area contributed by atoms with E-state index < -0.39 is 16.1 Å². The predicted octanol–water partition coefficient (Wildman–Crippen LogP) is 3.92. The fraction of sp³-hybridized carbons (Fsp3) is 0.240. The van der Waals surface area contributed by atoms with E-state index in [-0.39, 0.29) is 23.4 Å². The van der Waals surface area contributed by atoms with E-state index in [0.717, 1.165) is 11.3 Å². The lowest BCUT2D eigenvalue weighted by atomic mass is 10.1. The van der Waals surface area contributed by atoms with Gasteiger partial charge in [-0.2, -0.15) is 0 Å². The molecule has 33 heavy (non-hydrogen) atoms. The number of rotatable bonds is 7. The number of nitrogens with zero attached hydrogens (tertiary/aromatic N) is 1. The number of anilines is 1. The summed E-state index contributed by atoms with van der Waals surface area (Å²) in [6, 6.07) is 22.2. The molecule has 0 fully saturated rings. The first-order valence-corrected chi connectivity index (χ1v) is 12.2. The molecule has 0 spiro atoms. The molecule has 4 rings (SSSR count). The third-order valence-electron chi connectivity index (χ3n) is 5.41. The smallest absolute Gasteiger partial charge is 0.264 e. The standard InChI is InChI=1S/C25H26N2O5S/c1-3-31-20-15-13-19(14-16-20)18(2)26-25(28)24-17-27(22-11-7-8-12-23(22)32-24)33(29,30)21-9-5-4-6-10-21/h4-16,18,24H,3,17H2,1-2H3,(H,26,28)/t18-,24-/m1/s1. The molecule has 0 saturated carbocycles. The number of fused-ring (bicyclic) bond motifs is 1. The van der Waals surface area contributed by atoms with Crippen LogP contribution in [0.15, 0.2) is 83.8 Å². The summed E-state index contributed by atoms with van der Waals surface area (Å²) in [5, 5.41) is 2.93. The predicted molar refractivity (Wildman–Crippen MR) is 126 cm³/mol. The molecule has 2 atom stereocenters. The quantitative estimate of drug-likeness (QED) is 0.571. The lowest BCUT2D eigenvalue weighted by Crippen LogP contribution is -2.51. The van der Waals surface area contributed by atoms with Crippen molar-refractivity contribution in [3.63, 3.8) is 0 Å². The van der Waals surface area contributed by atoms with Gasteiger partial charge in [-0.05, 0) is 55.8 Å². The second-order valence-corrected chi connectivity index (χ2v) is 9.52. The van der Waals surface area contributed by atoms with Crippen LogP contribution in [0.25, 0.3) is 0 Å². The van der Waals surface area contributed by atoms with E-state index >= 15 is 0 Å². The van der Waals surface area contributed by atoms with Crippen LogP contribution in [0.4, 0.5) is 5.69 Å². The van der Waals surface area contributed by atoms with Gasteiger partial charge in [-0.3, -0.25) is 9.10 Å². The van der Waals surface area contributed by atoms with Gasteiger partial charge in [0.15, 0.2) is 6.10 Å². The minimum atomic E-state index is -3.87. The van der Waals surface area contributed by atoms with Gasteiger partial charge in [-0.25, -0.2) is 8.42 Å². The topological polar surface area (TPSA) is 84.9 Å². The monoisotopic (exact) mass is 466 g/mol. The van der Waals surface area contributed by atoms with Crippen molar-refractivity contribution in [2.24, 2.45) is 0 Å². The molecule has 1 aliphatic rings. The normalized spacial score (nSPS) is 16.3. The summed E-state index contributed by atoms with van der Waals surface area (Å²) in [4.78, 5) is 13.2. The van der Waals surface area contributed by atoms with Crippen LogP contribution in [0.2, 0.25) is 0 Å². The fourth-order valence-corrected chi connectivity index (χ4v) is 5.19. The van der Waals surface area contributed by atoms with Crippen LogP contribution in [-0.4, -0.2) is 33.6 Å². The summed E-state index contributed by atoms with van der Waals surface area (Å²) in [6.45, 7) is 4.23. The highest BCUT2D eigenvalue weighted by molar-refractivity contribution is 7.92. The van der Waals surface area contributed by atoms with Crippen LogP contribution in [0.5, 0.6) is 11.5 Å². The van der Waals surface area contributed by atoms with Gasteiger partial charge < -0.3 is 14.8 Å². The molecule has 1 heterocycles. The number of nitrogens with one attached hydrogen (secondary N) is 1. The van der Waals surface area contributed by atoms with Crippen LogP contribution in [0, 0.1) is 0 Å². The molecular weight excluding hydrogens is 440 g/mol. The molecule has 172 valence electrons. The number of sulfonamides is 1. The summed E-state index contributed by atoms with van der Waals surface area (Å²) in [7, 11) is -3.87. The number of para-hydroxylation sites is 2. The molecule has 0 aliphatic carbocycles. The van der Waals surface area contributed by atoms with Crippen LogP contribution in [0.3, 0.4) is 0 Å². The lowest BCUT2D eigenvalue weighted by Gasteiger charge is -2.35. The second-order valence-electron chi connectivity index (χ2n) is 7.66. The highest BCUT2D eigenvalue weighted by Crippen LogP contribution is 2.36. The van der Waals surface area contributed by atoms with Crippen LogP contribution < -0.4 is 19.1 Å². The van der Waals surface area contributed by atoms with E-state index in [2.05, 4.69) is 5.32 Å². The fourth-order valence-electron chi connectivity index (χ4n) is 3.70. The Bertz CT molecular complexity index is 1210. The van der Waals surface area contributed by atoms with Crippen molar-refractivity contribution in [3.05, 3.63) is 84.4 Å². The summed E-state index contributed by atoms with van der Waals surface area (Å²) >= 11 is 0. The van der Waals surface area contributed by atoms with E-state index in [1.807, 2.05) is 38.1 Å². The molecule has 7 nitrogen and oxygen atoms in total. The molecule has 0 saturated heterocycles. The Kier molecular flexibility index (Phi) is 6.55. The van der Waals surface area contributed by atoms with Crippen molar-refractivity contribution < 1.29 is 22.7 Å². The summed E-state index contributed by atoms with van der Waals surface area (Å²) in [6.07, 6.45) is -0.997. The third kappa shape index (κ3) is 4.80. The SMILES string of the molecule is CCOc1ccc([C@@H](C)NC(=O)[C@H]2CN(S(=O)(=O)c3ccccc3)c3ccccc3O2)cc1. The van der Waals surface area contributed by atoms with Gasteiger partial charge in [0.2, 0.25) is 0 Å². The van der Waals surface area contributed by atoms with Crippen molar-refractivity contribution in [3.8, 4) is 11.5 Å². The molecule has 1 N–H and O–H groups in total. The number of carbonyl (C=O) groups is 1. The summed E-state index contributed by atoms with van der Waals surface area (Å²) < 4.78 is 39.4. The maximum Gasteiger partial charge on any atom is 0.264 e. The summed E-state index contributed by atoms with van der Waals surface area (Å²) in [5.74, 6) is 0.713. The van der Waals surface area contributed by atoms with Gasteiger partial charge in [-0.15, -0.1) is 0 Å². The number of hydrogen-bond donors (Lipinski definition) is 1. The molecule has 0 radical (unpaired) electrons. The van der Waals surface area contributed by atoms with Gasteiger partial charge in [0.25, 0.3) is 15.9 Å². The third-order valence-corrected chi connectivity index (χ3v) is 7.20. The average Bonchev–Trinajstić information content (AvgIpc) is 2.84. The van der Waals surface area contributed by atoms with Crippen LogP contribution in [0.1, 0.15) is 25.5 Å². The minimum absolute atomic E-state index is 0.129. The Balaban J connectivity index is 1.55. The van der Waals surface area contributed by atoms with Gasteiger partial charge in [0.05, 0.1) is 29.8 Å². The highest BCUT2D eigenvalue weighted by atomic mass is 32.2. The number of ether oxygens (including phenoxy) is 2. The van der Waals surface area contributed by atoms with Crippen LogP contribution >= 0.6 is 0 Å². The summed E-state index contributed by atoms with van der Waals surface area (Å²) in [5.41, 5.74) is 1.31. The molecule has 1 amide bonds. The number of benzene rings is 3. The largest absolute Gasteiger partial charge is 0.494 e. The number of hydrogen-bond acceptors (Lipinski definition) is 5. The van der Waals surface area contributed by atoms with E-state index in [4.69, 9.17) is 9.47 Å². The molecule has 3 aromatic rings. The zero-order valence-electron chi connectivity index (χ0n) is 18.5. The van der Waals surface area contributed by atoms with E-state index in [1.165, 1.54) is 16.4 Å². The highest BCUT2D eigenvalue weighted by Gasteiger charge is 2.37. The molecule has 3 aromatic carbocycles. The average molecular weight is 467 g/mol. The van der Waals surface area contributed by atoms with Crippen molar-refractivity contribution in [1.29, 1.82) is 0 Å². The molecular formula is C25H26N2O5S. The van der Waals surface area contributed by atoms with Gasteiger partial charge in [0.1, 0.15) is 11.5 Å². The molecule has 1 aliphatic heterocycles. The molecule has 0 aromatic heterocycles. The minimum Gasteiger partial charge on any atom is -0.494 e. The lowest BCUT2D eigenvalue weighted by molar-refractivity contribution is -0.128. The van der Waals surface area contributed by atoms with Crippen LogP contribution in [-0.2, 0) is 14.8 Å².